The number of hydrogen-bond donors (Lipinski definition) is 6. The summed E-state index contributed by atoms with van der Waals surface area (Å²) in [4.78, 5) is 109. The number of nitrogens with one attached hydrogen (secondary N) is 5. The second-order valence-electron chi connectivity index (χ2n) is 32.3. The molecule has 4 atom stereocenters. The van der Waals surface area contributed by atoms with Gasteiger partial charge >= 0.3 is 11.2 Å². The number of nitrogens with zero attached hydrogens (tertiary/aromatic N) is 18. The van der Waals surface area contributed by atoms with Crippen LogP contribution in [0.4, 0.5) is 22.0 Å². The fraction of sp³-hybridized carbons (Fsp3) is 0.162. The summed E-state index contributed by atoms with van der Waals surface area (Å²) in [7, 11) is -7.00. The van der Waals surface area contributed by atoms with Crippen LogP contribution in [0.3, 0.4) is 0 Å². The first-order valence-corrected chi connectivity index (χ1v) is 51.1. The molecule has 0 aliphatic carbocycles. The monoisotopic (exact) mass is 2140 g/mol. The summed E-state index contributed by atoms with van der Waals surface area (Å²) < 4.78 is 143. The van der Waals surface area contributed by atoms with Gasteiger partial charge in [-0.1, -0.05) is 39.5 Å². The molecule has 20 aromatic rings. The highest BCUT2D eigenvalue weighted by molar-refractivity contribution is 9.11. The number of thiophene rings is 1. The van der Waals surface area contributed by atoms with Gasteiger partial charge in [0.1, 0.15) is 69.8 Å². The molecule has 0 saturated carbocycles. The Morgan fingerprint density at radius 3 is 1.01 bits per heavy atom. The number of carboxylic acid groups (broad SMARTS) is 1. The van der Waals surface area contributed by atoms with Gasteiger partial charge in [-0.15, -0.1) is 11.3 Å². The summed E-state index contributed by atoms with van der Waals surface area (Å²) in [6, 6.07) is 32.6. The lowest BCUT2D eigenvalue weighted by Crippen LogP contribution is -2.28. The lowest BCUT2D eigenvalue weighted by molar-refractivity contribution is 0.0688. The number of oxazole rings is 3. The molecule has 5 amide bonds. The molecule has 1 unspecified atom stereocenters. The van der Waals surface area contributed by atoms with E-state index >= 15 is 0 Å². The van der Waals surface area contributed by atoms with Crippen molar-refractivity contribution in [2.24, 2.45) is 0 Å². The molecule has 147 heavy (non-hydrogen) atoms. The Bertz CT molecular complexity index is 8260. The largest absolute Gasteiger partial charge is 0.476 e. The number of aromatic nitrogens is 18. The Labute approximate surface area is 847 Å². The van der Waals surface area contributed by atoms with Gasteiger partial charge in [-0.2, -0.15) is 25.5 Å². The molecular formula is C99H83BrF5N23O15S4. The number of carbonyl (C=O) groups is 6. The first-order valence-electron chi connectivity index (χ1n) is 44.5. The van der Waals surface area contributed by atoms with Gasteiger partial charge in [0.2, 0.25) is 15.7 Å². The number of carboxylic acids is 1. The van der Waals surface area contributed by atoms with Gasteiger partial charge < -0.3 is 49.4 Å². The van der Waals surface area contributed by atoms with Crippen LogP contribution < -0.4 is 26.6 Å². The Morgan fingerprint density at radius 1 is 0.401 bits per heavy atom. The molecule has 20 rings (SSSR count). The second kappa shape index (κ2) is 45.3. The highest BCUT2D eigenvalue weighted by atomic mass is 79.9. The van der Waals surface area contributed by atoms with Crippen molar-refractivity contribution in [3.05, 3.63) is 352 Å². The van der Waals surface area contributed by atoms with Gasteiger partial charge in [0, 0.05) is 81.4 Å². The van der Waals surface area contributed by atoms with E-state index in [-0.39, 0.29) is 80.3 Å². The first kappa shape index (κ1) is 103. The number of carbonyl (C=O) groups excluding carboxylic acids is 5. The molecule has 0 bridgehead atoms. The van der Waals surface area contributed by atoms with E-state index in [1.165, 1.54) is 128 Å². The lowest BCUT2D eigenvalue weighted by atomic mass is 10.1. The van der Waals surface area contributed by atoms with Crippen molar-refractivity contribution in [2.75, 3.05) is 18.8 Å². The molecule has 0 saturated heterocycles. The minimum absolute atomic E-state index is 0.0551. The minimum atomic E-state index is -3.59. The van der Waals surface area contributed by atoms with E-state index in [2.05, 4.69) is 108 Å². The number of halogens is 6. The summed E-state index contributed by atoms with van der Waals surface area (Å²) in [5, 5.41) is 48.1. The summed E-state index contributed by atoms with van der Waals surface area (Å²) in [6.07, 6.45) is 34.2. The maximum Gasteiger partial charge on any atom is 0.357 e. The van der Waals surface area contributed by atoms with Crippen LogP contribution in [-0.4, -0.2) is 165 Å². The normalized spacial score (nSPS) is 12.2. The fourth-order valence-corrected chi connectivity index (χ4v) is 17.9. The number of rotatable bonds is 28. The molecule has 0 aliphatic rings. The zero-order valence-electron chi connectivity index (χ0n) is 78.2. The minimum Gasteiger partial charge on any atom is -0.476 e. The van der Waals surface area contributed by atoms with Crippen LogP contribution in [0.1, 0.15) is 168 Å². The molecule has 750 valence electrons. The Hall–Kier alpha value is -17.0. The van der Waals surface area contributed by atoms with Gasteiger partial charge in [0.15, 0.2) is 15.5 Å². The van der Waals surface area contributed by atoms with Gasteiger partial charge in [-0.05, 0) is 181 Å². The molecular weight excluding hydrogens is 2050 g/mol. The maximum absolute atomic E-state index is 13.2. The van der Waals surface area contributed by atoms with E-state index in [0.717, 1.165) is 33.7 Å². The van der Waals surface area contributed by atoms with E-state index < -0.39 is 66.7 Å². The van der Waals surface area contributed by atoms with E-state index in [0.29, 0.717) is 149 Å². The van der Waals surface area contributed by atoms with Crippen molar-refractivity contribution in [2.45, 2.75) is 99.4 Å². The summed E-state index contributed by atoms with van der Waals surface area (Å²) in [6.45, 7) is 7.87. The van der Waals surface area contributed by atoms with Crippen LogP contribution in [0.25, 0.3) is 83.0 Å². The SMILES string of the molecule is CCC(NC(=O)c1cncc2c1cnn2-c1ccc(F)cc1)c1nc(C(=O)O)co1.CC[C@H](NC(=O)c1cncc2c1cnn2-c1ccc(F)cc1)c1cc(S(C)(=O)=O)co1.CC[C@H](NC(=O)c1cncc2c1cnn2-c1ccc(F)cc1)c1cnc(S(C)(=O)=O)o1.CC[C@H](NC(=O)c1cncc2c1cnn2-c1ccc(F)cc1)c1cnc(SC)o1.O=C(NCc1ccc(Br)s1)c1cncc2c1cnn2-c1ccc(F)cc1. The average Bonchev–Trinajstić information content (AvgIpc) is 1.67. The number of fused-ring (bicyclic) bond motifs is 5. The van der Waals surface area contributed by atoms with Crippen LogP contribution in [0, 0.1) is 29.1 Å². The van der Waals surface area contributed by atoms with Crippen molar-refractivity contribution >= 4 is 149 Å². The molecule has 15 aromatic heterocycles. The number of thioether (sulfide) groups is 1. The summed E-state index contributed by atoms with van der Waals surface area (Å²) >= 11 is 6.38. The van der Waals surface area contributed by atoms with Crippen molar-refractivity contribution in [1.29, 1.82) is 0 Å². The van der Waals surface area contributed by atoms with E-state index in [9.17, 15) is 67.6 Å². The molecule has 15 heterocycles. The Kier molecular flexibility index (Phi) is 31.7. The van der Waals surface area contributed by atoms with Gasteiger partial charge in [0.25, 0.3) is 34.8 Å². The highest BCUT2D eigenvalue weighted by Crippen LogP contribution is 2.33. The molecule has 48 heteroatoms. The Morgan fingerprint density at radius 2 is 0.728 bits per heavy atom. The van der Waals surface area contributed by atoms with E-state index in [1.54, 1.807) is 158 Å². The third-order valence-electron chi connectivity index (χ3n) is 22.6. The molecule has 38 nitrogen and oxygen atoms in total. The molecule has 6 N–H and O–H groups in total. The predicted octanol–water partition coefficient (Wildman–Crippen LogP) is 17.9. The Balaban J connectivity index is 0.000000131. The number of aromatic carboxylic acids is 1. The second-order valence-corrected chi connectivity index (χ2v) is 39.5. The number of sulfone groups is 2. The predicted molar refractivity (Wildman–Crippen MR) is 532 cm³/mol. The zero-order valence-corrected chi connectivity index (χ0v) is 83.1. The van der Waals surface area contributed by atoms with Crippen LogP contribution >= 0.6 is 39.0 Å². The quantitative estimate of drug-likeness (QED) is 0.0196. The van der Waals surface area contributed by atoms with Gasteiger partial charge in [-0.25, -0.2) is 81.9 Å². The van der Waals surface area contributed by atoms with Crippen molar-refractivity contribution < 1.29 is 90.3 Å². The van der Waals surface area contributed by atoms with E-state index in [4.69, 9.17) is 22.8 Å². The number of benzene rings is 5. The smallest absolute Gasteiger partial charge is 0.357 e. The summed E-state index contributed by atoms with van der Waals surface area (Å²) in [5.74, 6) is -3.43. The van der Waals surface area contributed by atoms with Crippen LogP contribution in [0.15, 0.2) is 294 Å². The zero-order chi connectivity index (χ0) is 104. The maximum atomic E-state index is 13.2. The third kappa shape index (κ3) is 23.8. The van der Waals surface area contributed by atoms with E-state index in [1.807, 2.05) is 39.2 Å². The number of pyridine rings is 5. The number of furan rings is 1. The molecule has 0 aliphatic heterocycles. The first-order chi connectivity index (χ1) is 70.7. The topological polar surface area (TPSA) is 496 Å². The number of hydrogen-bond acceptors (Lipinski definition) is 29. The van der Waals surface area contributed by atoms with Crippen molar-refractivity contribution in [3.63, 3.8) is 0 Å². The molecule has 0 radical (unpaired) electrons. The average molecular weight is 2140 g/mol. The van der Waals surface area contributed by atoms with Crippen LogP contribution in [0.2, 0.25) is 0 Å². The lowest BCUT2D eigenvalue weighted by Gasteiger charge is -2.14. The number of amides is 5. The van der Waals surface area contributed by atoms with Crippen molar-refractivity contribution in [1.82, 2.24) is 115 Å². The molecule has 5 aromatic carbocycles. The van der Waals surface area contributed by atoms with Gasteiger partial charge in [0.05, 0.1) is 187 Å². The molecule has 0 spiro atoms. The van der Waals surface area contributed by atoms with Crippen LogP contribution in [-0.2, 0) is 26.2 Å². The van der Waals surface area contributed by atoms with Gasteiger partial charge in [-0.3, -0.25) is 48.9 Å². The fourth-order valence-electron chi connectivity index (χ4n) is 15.1. The summed E-state index contributed by atoms with van der Waals surface area (Å²) in [5.41, 5.74) is 7.82. The third-order valence-corrected chi connectivity index (χ3v) is 26.6. The van der Waals surface area contributed by atoms with Crippen LogP contribution in [0.5, 0.6) is 0 Å². The molecule has 0 fully saturated rings. The standard InChI is InChI=1S/C21H19FN4O4S.C20H18FN5O4S.C20H16FN5O4.C20H18FN5O2S.C18H12BrFN4OS/c1-3-18(20-8-15(12-30-20)31(2,28)29)25-21(27)17-9-23-11-19-16(17)10-24-26(19)14-6-4-13(22)5-7-14;1-3-16(18-11-23-20(30-18)31(2,28)29)25-19(27)15-8-22-10-17-14(15)9-24-26(17)13-6-4-12(21)5-7-13;1-2-15(19-25-16(10-30-19)20(28)29)24-18(27)14-7-22-9-17-13(14)8-23-26(17)12-5-3-11(21)4-6-12;1-3-16(18-11-23-20(28-18)29-2)25-19(27)15-8-22-10-17-14(15)9-24-26(17)13-6-4-12(21)5-7-13;19-17-6-5-13(26-17)7-22-18(25)15-8-21-10-16-14(15)9-23-24(16)12-3-1-11(20)2-4-12/h4-12,18H,3H2,1-2H3,(H,25,27);4-11,16H,3H2,1-2H3,(H,25,27);3-10,15H,2H2,1H3,(H,24,27)(H,28,29);4-11,16H,3H2,1-2H3,(H,25,27);1-6,8-10H,7H2,(H,22,25)/t18-;16-;;16-;/m00.0./s1. The highest BCUT2D eigenvalue weighted by Gasteiger charge is 2.30. The van der Waals surface area contributed by atoms with Crippen molar-refractivity contribution in [3.8, 4) is 28.4 Å².